The average molecular weight is 377 g/mol. The van der Waals surface area contributed by atoms with Gasteiger partial charge in [0.15, 0.2) is 0 Å². The lowest BCUT2D eigenvalue weighted by Crippen LogP contribution is -2.15. The van der Waals surface area contributed by atoms with E-state index in [4.69, 9.17) is 0 Å². The molecule has 1 amide bonds. The zero-order chi connectivity index (χ0) is 19.9. The normalized spacial score (nSPS) is 10.5. The molecule has 5 heteroatoms. The molecule has 0 aliphatic rings. The van der Waals surface area contributed by atoms with E-state index >= 15 is 0 Å². The summed E-state index contributed by atoms with van der Waals surface area (Å²) >= 11 is 0. The number of rotatable bonds is 7. The van der Waals surface area contributed by atoms with Crippen LogP contribution in [0.4, 0.5) is 15.8 Å². The van der Waals surface area contributed by atoms with E-state index in [-0.39, 0.29) is 11.7 Å². The minimum Gasteiger partial charge on any atom is -0.380 e. The summed E-state index contributed by atoms with van der Waals surface area (Å²) in [6, 6.07) is 14.4. The second kappa shape index (κ2) is 9.13. The van der Waals surface area contributed by atoms with Gasteiger partial charge in [-0.15, -0.1) is 0 Å². The van der Waals surface area contributed by atoms with Crippen molar-refractivity contribution >= 4 is 17.3 Å². The molecule has 0 radical (unpaired) electrons. The SMILES string of the molecule is CCc1cccc(CC)c1NC(=O)c1cncc(NCc2ccccc2F)c1. The summed E-state index contributed by atoms with van der Waals surface area (Å²) in [6.45, 7) is 4.45. The molecule has 0 atom stereocenters. The van der Waals surface area contributed by atoms with Crippen molar-refractivity contribution in [3.05, 3.63) is 89.0 Å². The van der Waals surface area contributed by atoms with Gasteiger partial charge in [0.2, 0.25) is 0 Å². The molecule has 144 valence electrons. The average Bonchev–Trinajstić information content (AvgIpc) is 2.73. The Bertz CT molecular complexity index is 949. The highest BCUT2D eigenvalue weighted by Gasteiger charge is 2.13. The summed E-state index contributed by atoms with van der Waals surface area (Å²) < 4.78 is 13.8. The van der Waals surface area contributed by atoms with Crippen molar-refractivity contribution in [2.45, 2.75) is 33.2 Å². The molecule has 4 nitrogen and oxygen atoms in total. The first-order valence-electron chi connectivity index (χ1n) is 9.46. The number of nitrogens with one attached hydrogen (secondary N) is 2. The van der Waals surface area contributed by atoms with Gasteiger partial charge in [-0.3, -0.25) is 9.78 Å². The van der Waals surface area contributed by atoms with E-state index < -0.39 is 0 Å². The van der Waals surface area contributed by atoms with E-state index in [1.165, 1.54) is 12.3 Å². The molecule has 2 N–H and O–H groups in total. The Labute approximate surface area is 164 Å². The van der Waals surface area contributed by atoms with Crippen LogP contribution in [-0.2, 0) is 19.4 Å². The van der Waals surface area contributed by atoms with Gasteiger partial charge in [-0.2, -0.15) is 0 Å². The molecule has 0 saturated carbocycles. The highest BCUT2D eigenvalue weighted by atomic mass is 19.1. The van der Waals surface area contributed by atoms with Crippen LogP contribution in [0, 0.1) is 5.82 Å². The first kappa shape index (κ1) is 19.5. The molecule has 0 bridgehead atoms. The van der Waals surface area contributed by atoms with Crippen molar-refractivity contribution in [2.24, 2.45) is 0 Å². The Balaban J connectivity index is 1.75. The van der Waals surface area contributed by atoms with Gasteiger partial charge in [-0.05, 0) is 36.1 Å². The van der Waals surface area contributed by atoms with Gasteiger partial charge >= 0.3 is 0 Å². The molecule has 1 aromatic heterocycles. The molecular weight excluding hydrogens is 353 g/mol. The fourth-order valence-corrected chi connectivity index (χ4v) is 3.09. The number of para-hydroxylation sites is 1. The Kier molecular flexibility index (Phi) is 6.37. The number of aryl methyl sites for hydroxylation is 2. The van der Waals surface area contributed by atoms with Gasteiger partial charge in [-0.25, -0.2) is 4.39 Å². The molecule has 0 fully saturated rings. The third-order valence-electron chi connectivity index (χ3n) is 4.68. The molecular formula is C23H24FN3O. The summed E-state index contributed by atoms with van der Waals surface area (Å²) in [4.78, 5) is 16.9. The van der Waals surface area contributed by atoms with Crippen molar-refractivity contribution < 1.29 is 9.18 Å². The lowest BCUT2D eigenvalue weighted by molar-refractivity contribution is 0.102. The molecule has 28 heavy (non-hydrogen) atoms. The van der Waals surface area contributed by atoms with Gasteiger partial charge in [0.1, 0.15) is 5.82 Å². The third-order valence-corrected chi connectivity index (χ3v) is 4.68. The van der Waals surface area contributed by atoms with Crippen LogP contribution >= 0.6 is 0 Å². The van der Waals surface area contributed by atoms with E-state index in [1.54, 1.807) is 30.5 Å². The molecule has 0 spiro atoms. The first-order chi connectivity index (χ1) is 13.6. The minimum absolute atomic E-state index is 0.211. The van der Waals surface area contributed by atoms with Crippen molar-refractivity contribution in [1.29, 1.82) is 0 Å². The maximum absolute atomic E-state index is 13.8. The lowest BCUT2D eigenvalue weighted by Gasteiger charge is -2.15. The van der Waals surface area contributed by atoms with E-state index in [0.717, 1.165) is 29.7 Å². The summed E-state index contributed by atoms with van der Waals surface area (Å²) in [5.41, 5.74) is 4.76. The highest BCUT2D eigenvalue weighted by Crippen LogP contribution is 2.23. The van der Waals surface area contributed by atoms with E-state index in [2.05, 4.69) is 29.5 Å². The third kappa shape index (κ3) is 4.55. The number of hydrogen-bond donors (Lipinski definition) is 2. The van der Waals surface area contributed by atoms with Crippen LogP contribution in [-0.4, -0.2) is 10.9 Å². The van der Waals surface area contributed by atoms with E-state index in [9.17, 15) is 9.18 Å². The van der Waals surface area contributed by atoms with Gasteiger partial charge in [-0.1, -0.05) is 50.2 Å². The monoisotopic (exact) mass is 377 g/mol. The molecule has 1 heterocycles. The molecule has 0 unspecified atom stereocenters. The lowest BCUT2D eigenvalue weighted by atomic mass is 10.0. The van der Waals surface area contributed by atoms with Crippen LogP contribution < -0.4 is 10.6 Å². The second-order valence-electron chi connectivity index (χ2n) is 6.52. The molecule has 2 aromatic carbocycles. The minimum atomic E-state index is -0.264. The molecule has 0 saturated heterocycles. The number of benzene rings is 2. The Morgan fingerprint density at radius 1 is 0.964 bits per heavy atom. The van der Waals surface area contributed by atoms with Crippen LogP contribution in [0.2, 0.25) is 0 Å². The predicted octanol–water partition coefficient (Wildman–Crippen LogP) is 5.21. The maximum Gasteiger partial charge on any atom is 0.257 e. The van der Waals surface area contributed by atoms with Crippen LogP contribution in [0.3, 0.4) is 0 Å². The number of nitrogens with zero attached hydrogens (tertiary/aromatic N) is 1. The van der Waals surface area contributed by atoms with Crippen molar-refractivity contribution in [2.75, 3.05) is 10.6 Å². The number of pyridine rings is 1. The zero-order valence-electron chi connectivity index (χ0n) is 16.1. The number of anilines is 2. The molecule has 3 aromatic rings. The predicted molar refractivity (Wildman–Crippen MR) is 111 cm³/mol. The van der Waals surface area contributed by atoms with Crippen molar-refractivity contribution in [1.82, 2.24) is 4.98 Å². The number of carbonyl (C=O) groups excluding carboxylic acids is 1. The largest absolute Gasteiger partial charge is 0.380 e. The van der Waals surface area contributed by atoms with Gasteiger partial charge in [0.05, 0.1) is 11.3 Å². The number of halogens is 1. The van der Waals surface area contributed by atoms with Crippen LogP contribution in [0.1, 0.15) is 40.9 Å². The molecule has 3 rings (SSSR count). The van der Waals surface area contributed by atoms with Gasteiger partial charge < -0.3 is 10.6 Å². The topological polar surface area (TPSA) is 54.0 Å². The highest BCUT2D eigenvalue weighted by molar-refractivity contribution is 6.05. The van der Waals surface area contributed by atoms with Crippen molar-refractivity contribution in [3.8, 4) is 0 Å². The molecule has 0 aliphatic carbocycles. The summed E-state index contributed by atoms with van der Waals surface area (Å²) in [6.07, 6.45) is 4.83. The van der Waals surface area contributed by atoms with Gasteiger partial charge in [0.25, 0.3) is 5.91 Å². The van der Waals surface area contributed by atoms with E-state index in [1.807, 2.05) is 18.2 Å². The molecule has 0 aliphatic heterocycles. The number of hydrogen-bond acceptors (Lipinski definition) is 3. The van der Waals surface area contributed by atoms with E-state index in [0.29, 0.717) is 23.4 Å². The Morgan fingerprint density at radius 3 is 2.32 bits per heavy atom. The summed E-state index contributed by atoms with van der Waals surface area (Å²) in [5, 5.41) is 6.16. The van der Waals surface area contributed by atoms with Crippen LogP contribution in [0.15, 0.2) is 60.9 Å². The number of aromatic nitrogens is 1. The van der Waals surface area contributed by atoms with Crippen molar-refractivity contribution in [3.63, 3.8) is 0 Å². The fraction of sp³-hybridized carbons (Fsp3) is 0.217. The number of amides is 1. The zero-order valence-corrected chi connectivity index (χ0v) is 16.1. The van der Waals surface area contributed by atoms with Gasteiger partial charge in [0, 0.05) is 30.2 Å². The first-order valence-corrected chi connectivity index (χ1v) is 9.46. The Morgan fingerprint density at radius 2 is 1.64 bits per heavy atom. The number of carbonyl (C=O) groups is 1. The smallest absolute Gasteiger partial charge is 0.257 e. The van der Waals surface area contributed by atoms with Crippen LogP contribution in [0.25, 0.3) is 0 Å². The standard InChI is InChI=1S/C23H24FN3O/c1-3-16-9-7-10-17(4-2)22(16)27-23(28)19-12-20(15-25-13-19)26-14-18-8-5-6-11-21(18)24/h5-13,15,26H,3-4,14H2,1-2H3,(H,27,28). The second-order valence-corrected chi connectivity index (χ2v) is 6.52. The quantitative estimate of drug-likeness (QED) is 0.594. The Hall–Kier alpha value is -3.21. The fourth-order valence-electron chi connectivity index (χ4n) is 3.09. The maximum atomic E-state index is 13.8. The van der Waals surface area contributed by atoms with Crippen LogP contribution in [0.5, 0.6) is 0 Å². The summed E-state index contributed by atoms with van der Waals surface area (Å²) in [5.74, 6) is -0.474. The summed E-state index contributed by atoms with van der Waals surface area (Å²) in [7, 11) is 0.